The SMILES string of the molecule is O=C1CCCC[C@@H]2[C@@H](N1)[C@H](c1ccccc1)CN2S(=O)(=O)c1ccccc1. The van der Waals surface area contributed by atoms with E-state index in [1.54, 1.807) is 28.6 Å². The monoisotopic (exact) mass is 384 g/mol. The van der Waals surface area contributed by atoms with Gasteiger partial charge in [-0.3, -0.25) is 4.79 Å². The highest BCUT2D eigenvalue weighted by atomic mass is 32.2. The van der Waals surface area contributed by atoms with Gasteiger partial charge < -0.3 is 5.32 Å². The Kier molecular flexibility index (Phi) is 5.02. The van der Waals surface area contributed by atoms with Crippen LogP contribution in [0, 0.1) is 0 Å². The molecule has 0 unspecified atom stereocenters. The van der Waals surface area contributed by atoms with Gasteiger partial charge in [0.2, 0.25) is 15.9 Å². The van der Waals surface area contributed by atoms with Crippen molar-refractivity contribution < 1.29 is 13.2 Å². The Hall–Kier alpha value is -2.18. The summed E-state index contributed by atoms with van der Waals surface area (Å²) >= 11 is 0. The number of sulfonamides is 1. The predicted octanol–water partition coefficient (Wildman–Crippen LogP) is 2.90. The van der Waals surface area contributed by atoms with Crippen LogP contribution in [0.4, 0.5) is 0 Å². The molecule has 0 bridgehead atoms. The van der Waals surface area contributed by atoms with Crippen LogP contribution in [0.15, 0.2) is 65.6 Å². The third-order valence-corrected chi connectivity index (χ3v) is 7.56. The standard InChI is InChI=1S/C21H24N2O3S/c24-20-14-8-7-13-19-21(22-20)18(16-9-3-1-4-10-16)15-23(19)27(25,26)17-11-5-2-6-12-17/h1-6,9-12,18-19,21H,7-8,13-15H2,(H,22,24)/t18-,19+,21-/m0/s1. The zero-order chi connectivity index (χ0) is 18.9. The number of amides is 1. The van der Waals surface area contributed by atoms with Gasteiger partial charge in [0.1, 0.15) is 0 Å². The first-order valence-corrected chi connectivity index (χ1v) is 10.9. The lowest BCUT2D eigenvalue weighted by Crippen LogP contribution is -2.48. The molecule has 142 valence electrons. The molecule has 2 heterocycles. The third-order valence-electron chi connectivity index (χ3n) is 5.65. The molecule has 0 saturated carbocycles. The number of fused-ring (bicyclic) bond motifs is 1. The largest absolute Gasteiger partial charge is 0.351 e. The van der Waals surface area contributed by atoms with Gasteiger partial charge in [0.15, 0.2) is 0 Å². The van der Waals surface area contributed by atoms with Crippen LogP contribution >= 0.6 is 0 Å². The Morgan fingerprint density at radius 3 is 2.30 bits per heavy atom. The Bertz CT molecular complexity index is 900. The molecule has 2 saturated heterocycles. The molecule has 2 aromatic carbocycles. The topological polar surface area (TPSA) is 66.5 Å². The normalized spacial score (nSPS) is 26.7. The quantitative estimate of drug-likeness (QED) is 0.885. The number of carbonyl (C=O) groups is 1. The van der Waals surface area contributed by atoms with Gasteiger partial charge >= 0.3 is 0 Å². The van der Waals surface area contributed by atoms with Crippen molar-refractivity contribution in [2.45, 2.75) is 48.6 Å². The van der Waals surface area contributed by atoms with E-state index in [1.807, 2.05) is 36.4 Å². The van der Waals surface area contributed by atoms with Gasteiger partial charge in [0.05, 0.1) is 10.9 Å². The zero-order valence-corrected chi connectivity index (χ0v) is 15.9. The summed E-state index contributed by atoms with van der Waals surface area (Å²) in [5.74, 6) is -0.0265. The summed E-state index contributed by atoms with van der Waals surface area (Å²) in [6.45, 7) is 0.386. The second kappa shape index (κ2) is 7.44. The first-order valence-electron chi connectivity index (χ1n) is 9.48. The first kappa shape index (κ1) is 18.2. The van der Waals surface area contributed by atoms with E-state index < -0.39 is 10.0 Å². The fourth-order valence-electron chi connectivity index (χ4n) is 4.32. The summed E-state index contributed by atoms with van der Waals surface area (Å²) in [6, 6.07) is 18.1. The minimum absolute atomic E-state index is 0.0181. The molecule has 6 heteroatoms. The van der Waals surface area contributed by atoms with Crippen molar-refractivity contribution in [2.24, 2.45) is 0 Å². The maximum atomic E-state index is 13.4. The van der Waals surface area contributed by atoms with E-state index in [0.29, 0.717) is 17.9 Å². The minimum atomic E-state index is -3.61. The summed E-state index contributed by atoms with van der Waals surface area (Å²) in [7, 11) is -3.61. The smallest absolute Gasteiger partial charge is 0.243 e. The van der Waals surface area contributed by atoms with Crippen LogP contribution in [0.1, 0.15) is 37.2 Å². The van der Waals surface area contributed by atoms with E-state index in [-0.39, 0.29) is 23.9 Å². The van der Waals surface area contributed by atoms with Crippen molar-refractivity contribution in [1.29, 1.82) is 0 Å². The van der Waals surface area contributed by atoms with Crippen molar-refractivity contribution in [3.63, 3.8) is 0 Å². The van der Waals surface area contributed by atoms with Crippen molar-refractivity contribution in [1.82, 2.24) is 9.62 Å². The molecule has 27 heavy (non-hydrogen) atoms. The lowest BCUT2D eigenvalue weighted by atomic mass is 9.88. The molecule has 2 aromatic rings. The number of nitrogens with zero attached hydrogens (tertiary/aromatic N) is 1. The number of rotatable bonds is 3. The summed E-state index contributed by atoms with van der Waals surface area (Å²) in [4.78, 5) is 12.6. The Labute approximate surface area is 160 Å². The zero-order valence-electron chi connectivity index (χ0n) is 15.1. The molecular weight excluding hydrogens is 360 g/mol. The van der Waals surface area contributed by atoms with Crippen molar-refractivity contribution >= 4 is 15.9 Å². The number of hydrogen-bond donors (Lipinski definition) is 1. The Balaban J connectivity index is 1.75. The molecule has 0 aliphatic carbocycles. The molecule has 2 aliphatic rings. The number of hydrogen-bond acceptors (Lipinski definition) is 3. The van der Waals surface area contributed by atoms with Crippen LogP contribution in [0.3, 0.4) is 0 Å². The van der Waals surface area contributed by atoms with E-state index in [4.69, 9.17) is 0 Å². The Morgan fingerprint density at radius 2 is 1.59 bits per heavy atom. The van der Waals surface area contributed by atoms with Gasteiger partial charge in [-0.15, -0.1) is 0 Å². The average molecular weight is 385 g/mol. The molecule has 0 spiro atoms. The second-order valence-corrected chi connectivity index (χ2v) is 9.20. The molecule has 0 radical (unpaired) electrons. The first-order chi connectivity index (χ1) is 13.1. The van der Waals surface area contributed by atoms with Gasteiger partial charge in [-0.05, 0) is 30.5 Å². The molecule has 4 rings (SSSR count). The van der Waals surface area contributed by atoms with Gasteiger partial charge in [-0.1, -0.05) is 55.0 Å². The van der Waals surface area contributed by atoms with E-state index in [9.17, 15) is 13.2 Å². The lowest BCUT2D eigenvalue weighted by Gasteiger charge is -2.30. The maximum absolute atomic E-state index is 13.4. The fraction of sp³-hybridized carbons (Fsp3) is 0.381. The van der Waals surface area contributed by atoms with Crippen LogP contribution in [-0.2, 0) is 14.8 Å². The molecule has 0 aromatic heterocycles. The van der Waals surface area contributed by atoms with Gasteiger partial charge in [-0.2, -0.15) is 4.31 Å². The molecule has 2 fully saturated rings. The summed E-state index contributed by atoms with van der Waals surface area (Å²) in [6.07, 6.45) is 2.93. The summed E-state index contributed by atoms with van der Waals surface area (Å²) in [5.41, 5.74) is 1.07. The number of nitrogens with one attached hydrogen (secondary N) is 1. The molecule has 1 amide bonds. The van der Waals surface area contributed by atoms with Crippen molar-refractivity contribution in [3.05, 3.63) is 66.2 Å². The Morgan fingerprint density at radius 1 is 0.926 bits per heavy atom. The molecule has 5 nitrogen and oxygen atoms in total. The van der Waals surface area contributed by atoms with E-state index in [1.165, 1.54) is 0 Å². The van der Waals surface area contributed by atoms with Gasteiger partial charge in [-0.25, -0.2) is 8.42 Å². The predicted molar refractivity (Wildman–Crippen MR) is 104 cm³/mol. The van der Waals surface area contributed by atoms with E-state index in [2.05, 4.69) is 5.32 Å². The van der Waals surface area contributed by atoms with Crippen LogP contribution in [-0.4, -0.2) is 37.3 Å². The maximum Gasteiger partial charge on any atom is 0.243 e. The fourth-order valence-corrected chi connectivity index (χ4v) is 6.05. The van der Waals surface area contributed by atoms with E-state index in [0.717, 1.165) is 24.8 Å². The van der Waals surface area contributed by atoms with Crippen LogP contribution in [0.2, 0.25) is 0 Å². The third kappa shape index (κ3) is 3.51. The molecule has 2 aliphatic heterocycles. The highest BCUT2D eigenvalue weighted by Crippen LogP contribution is 2.38. The highest BCUT2D eigenvalue weighted by molar-refractivity contribution is 7.89. The summed E-state index contributed by atoms with van der Waals surface area (Å²) < 4.78 is 28.3. The van der Waals surface area contributed by atoms with Gasteiger partial charge in [0, 0.05) is 24.9 Å². The van der Waals surface area contributed by atoms with Crippen molar-refractivity contribution in [2.75, 3.05) is 6.54 Å². The van der Waals surface area contributed by atoms with Gasteiger partial charge in [0.25, 0.3) is 0 Å². The van der Waals surface area contributed by atoms with Crippen LogP contribution in [0.5, 0.6) is 0 Å². The molecule has 3 atom stereocenters. The highest BCUT2D eigenvalue weighted by Gasteiger charge is 2.48. The van der Waals surface area contributed by atoms with Crippen LogP contribution in [0.25, 0.3) is 0 Å². The van der Waals surface area contributed by atoms with Crippen molar-refractivity contribution in [3.8, 4) is 0 Å². The van der Waals surface area contributed by atoms with Crippen LogP contribution < -0.4 is 5.32 Å². The molecule has 1 N–H and O–H groups in total. The number of benzene rings is 2. The summed E-state index contributed by atoms with van der Waals surface area (Å²) in [5, 5.41) is 3.14. The average Bonchev–Trinajstić information content (AvgIpc) is 3.03. The second-order valence-electron chi connectivity index (χ2n) is 7.31. The molecular formula is C21H24N2O3S. The number of carbonyl (C=O) groups excluding carboxylic acids is 1. The minimum Gasteiger partial charge on any atom is -0.351 e. The lowest BCUT2D eigenvalue weighted by molar-refractivity contribution is -0.122. The van der Waals surface area contributed by atoms with E-state index >= 15 is 0 Å².